The Balaban J connectivity index is 2.54. The fraction of sp³-hybridized carbons (Fsp3) is 0.500. The Morgan fingerprint density at radius 3 is 2.33 bits per heavy atom. The number of hydrogen-bond donors (Lipinski definition) is 0. The predicted octanol–water partition coefficient (Wildman–Crippen LogP) is 3.37. The highest BCUT2D eigenvalue weighted by atomic mass is 16.5. The van der Waals surface area contributed by atoms with Crippen LogP contribution in [0.25, 0.3) is 6.08 Å². The van der Waals surface area contributed by atoms with E-state index in [-0.39, 0.29) is 5.41 Å². The lowest BCUT2D eigenvalue weighted by atomic mass is 9.78. The summed E-state index contributed by atoms with van der Waals surface area (Å²) in [6, 6.07) is 6.52. The molecule has 1 aromatic carbocycles. The molecule has 0 bridgehead atoms. The SMILES string of the molecule is COCC1(COC)C=Cc2cccc(C(C)C)c21. The van der Waals surface area contributed by atoms with Gasteiger partial charge in [-0.25, -0.2) is 0 Å². The van der Waals surface area contributed by atoms with Crippen molar-refractivity contribution < 1.29 is 9.47 Å². The molecule has 2 rings (SSSR count). The van der Waals surface area contributed by atoms with Crippen molar-refractivity contribution in [2.45, 2.75) is 25.2 Å². The van der Waals surface area contributed by atoms with E-state index in [4.69, 9.17) is 9.47 Å². The second-order valence-corrected chi connectivity index (χ2v) is 5.32. The summed E-state index contributed by atoms with van der Waals surface area (Å²) in [7, 11) is 3.50. The summed E-state index contributed by atoms with van der Waals surface area (Å²) in [5.74, 6) is 0.507. The lowest BCUT2D eigenvalue weighted by Gasteiger charge is -2.30. The van der Waals surface area contributed by atoms with Crippen LogP contribution in [0.3, 0.4) is 0 Å². The molecule has 0 unspecified atom stereocenters. The van der Waals surface area contributed by atoms with Crippen LogP contribution in [0.2, 0.25) is 0 Å². The topological polar surface area (TPSA) is 18.5 Å². The number of rotatable bonds is 5. The standard InChI is InChI=1S/C16H22O2/c1-12(2)14-7-5-6-13-8-9-16(10-17-3,11-18-4)15(13)14/h5-9,12H,10-11H2,1-4H3. The molecule has 0 atom stereocenters. The molecule has 0 saturated heterocycles. The maximum atomic E-state index is 5.44. The molecule has 1 aromatic rings. The number of hydrogen-bond acceptors (Lipinski definition) is 2. The van der Waals surface area contributed by atoms with Gasteiger partial charge in [-0.05, 0) is 22.6 Å². The quantitative estimate of drug-likeness (QED) is 0.793. The Kier molecular flexibility index (Phi) is 3.88. The van der Waals surface area contributed by atoms with E-state index in [1.807, 2.05) is 0 Å². The van der Waals surface area contributed by atoms with E-state index in [1.54, 1.807) is 14.2 Å². The Hall–Kier alpha value is -1.12. The smallest absolute Gasteiger partial charge is 0.0616 e. The van der Waals surface area contributed by atoms with Gasteiger partial charge in [-0.1, -0.05) is 44.2 Å². The Morgan fingerprint density at radius 2 is 1.78 bits per heavy atom. The van der Waals surface area contributed by atoms with Crippen LogP contribution >= 0.6 is 0 Å². The van der Waals surface area contributed by atoms with Crippen LogP contribution in [0.5, 0.6) is 0 Å². The lowest BCUT2D eigenvalue weighted by Crippen LogP contribution is -2.34. The van der Waals surface area contributed by atoms with Gasteiger partial charge >= 0.3 is 0 Å². The zero-order valence-electron chi connectivity index (χ0n) is 11.7. The molecule has 1 aliphatic rings. The monoisotopic (exact) mass is 246 g/mol. The van der Waals surface area contributed by atoms with Crippen LogP contribution in [0.15, 0.2) is 24.3 Å². The predicted molar refractivity (Wildman–Crippen MR) is 75.0 cm³/mol. The van der Waals surface area contributed by atoms with Crippen LogP contribution < -0.4 is 0 Å². The van der Waals surface area contributed by atoms with Crippen molar-refractivity contribution >= 4 is 6.08 Å². The van der Waals surface area contributed by atoms with E-state index in [9.17, 15) is 0 Å². The highest BCUT2D eigenvalue weighted by Crippen LogP contribution is 2.41. The Labute approximate surface area is 110 Å². The average Bonchev–Trinajstić information content (AvgIpc) is 2.70. The molecular formula is C16H22O2. The molecule has 2 nitrogen and oxygen atoms in total. The van der Waals surface area contributed by atoms with Crippen molar-refractivity contribution in [3.8, 4) is 0 Å². The van der Waals surface area contributed by atoms with Crippen LogP contribution in [-0.4, -0.2) is 27.4 Å². The summed E-state index contributed by atoms with van der Waals surface area (Å²) >= 11 is 0. The normalized spacial score (nSPS) is 16.3. The second kappa shape index (κ2) is 5.25. The number of fused-ring (bicyclic) bond motifs is 1. The third-order valence-corrected chi connectivity index (χ3v) is 3.63. The molecule has 2 heteroatoms. The molecule has 18 heavy (non-hydrogen) atoms. The van der Waals surface area contributed by atoms with E-state index in [1.165, 1.54) is 16.7 Å². The third-order valence-electron chi connectivity index (χ3n) is 3.63. The van der Waals surface area contributed by atoms with Gasteiger partial charge in [-0.3, -0.25) is 0 Å². The minimum Gasteiger partial charge on any atom is -0.383 e. The average molecular weight is 246 g/mol. The Bertz CT molecular complexity index is 440. The fourth-order valence-electron chi connectivity index (χ4n) is 2.91. The fourth-order valence-corrected chi connectivity index (χ4v) is 2.91. The molecule has 0 saturated carbocycles. The van der Waals surface area contributed by atoms with E-state index in [0.29, 0.717) is 19.1 Å². The molecule has 0 aromatic heterocycles. The second-order valence-electron chi connectivity index (χ2n) is 5.32. The van der Waals surface area contributed by atoms with E-state index in [0.717, 1.165) is 0 Å². The summed E-state index contributed by atoms with van der Waals surface area (Å²) < 4.78 is 10.9. The van der Waals surface area contributed by atoms with Gasteiger partial charge in [-0.15, -0.1) is 0 Å². The number of methoxy groups -OCH3 is 2. The summed E-state index contributed by atoms with van der Waals surface area (Å²) in [6.07, 6.45) is 4.43. The molecule has 0 N–H and O–H groups in total. The third kappa shape index (κ3) is 2.11. The zero-order valence-corrected chi connectivity index (χ0v) is 11.7. The van der Waals surface area contributed by atoms with Gasteiger partial charge in [0.05, 0.1) is 18.6 Å². The maximum Gasteiger partial charge on any atom is 0.0616 e. The molecule has 0 aliphatic heterocycles. The van der Waals surface area contributed by atoms with E-state index >= 15 is 0 Å². The van der Waals surface area contributed by atoms with Crippen LogP contribution in [0.4, 0.5) is 0 Å². The van der Waals surface area contributed by atoms with Gasteiger partial charge in [0, 0.05) is 14.2 Å². The van der Waals surface area contributed by atoms with Crippen LogP contribution in [0, 0.1) is 0 Å². The minimum absolute atomic E-state index is 0.125. The van der Waals surface area contributed by atoms with Gasteiger partial charge < -0.3 is 9.47 Å². The molecule has 0 amide bonds. The van der Waals surface area contributed by atoms with Crippen molar-refractivity contribution in [3.05, 3.63) is 41.0 Å². The van der Waals surface area contributed by atoms with Gasteiger partial charge in [-0.2, -0.15) is 0 Å². The first-order valence-electron chi connectivity index (χ1n) is 6.45. The molecular weight excluding hydrogens is 224 g/mol. The maximum absolute atomic E-state index is 5.44. The highest BCUT2D eigenvalue weighted by molar-refractivity contribution is 5.68. The number of ether oxygens (including phenoxy) is 2. The van der Waals surface area contributed by atoms with Crippen LogP contribution in [0.1, 0.15) is 36.5 Å². The summed E-state index contributed by atoms with van der Waals surface area (Å²) in [6.45, 7) is 5.79. The largest absolute Gasteiger partial charge is 0.383 e. The van der Waals surface area contributed by atoms with Gasteiger partial charge in [0.25, 0.3) is 0 Å². The minimum atomic E-state index is -0.125. The summed E-state index contributed by atoms with van der Waals surface area (Å²) in [5.41, 5.74) is 3.95. The van der Waals surface area contributed by atoms with Crippen molar-refractivity contribution in [2.24, 2.45) is 0 Å². The van der Waals surface area contributed by atoms with E-state index < -0.39 is 0 Å². The number of benzene rings is 1. The van der Waals surface area contributed by atoms with Gasteiger partial charge in [0.15, 0.2) is 0 Å². The zero-order chi connectivity index (χ0) is 13.2. The first kappa shape index (κ1) is 13.3. The molecule has 0 fully saturated rings. The Morgan fingerprint density at radius 1 is 1.11 bits per heavy atom. The van der Waals surface area contributed by atoms with Crippen molar-refractivity contribution in [3.63, 3.8) is 0 Å². The molecule has 98 valence electrons. The van der Waals surface area contributed by atoms with Crippen molar-refractivity contribution in [1.29, 1.82) is 0 Å². The van der Waals surface area contributed by atoms with Crippen molar-refractivity contribution in [1.82, 2.24) is 0 Å². The molecule has 1 aliphatic carbocycles. The van der Waals surface area contributed by atoms with Gasteiger partial charge in [0.1, 0.15) is 0 Å². The van der Waals surface area contributed by atoms with Crippen molar-refractivity contribution in [2.75, 3.05) is 27.4 Å². The summed E-state index contributed by atoms with van der Waals surface area (Å²) in [5, 5.41) is 0. The first-order valence-corrected chi connectivity index (χ1v) is 6.45. The lowest BCUT2D eigenvalue weighted by molar-refractivity contribution is 0.0840. The molecule has 0 radical (unpaired) electrons. The summed E-state index contributed by atoms with van der Waals surface area (Å²) in [4.78, 5) is 0. The van der Waals surface area contributed by atoms with Crippen LogP contribution in [-0.2, 0) is 14.9 Å². The highest BCUT2D eigenvalue weighted by Gasteiger charge is 2.37. The van der Waals surface area contributed by atoms with E-state index in [2.05, 4.69) is 44.2 Å². The first-order chi connectivity index (χ1) is 8.64. The van der Waals surface area contributed by atoms with Gasteiger partial charge in [0.2, 0.25) is 0 Å². The molecule has 0 heterocycles. The molecule has 0 spiro atoms.